The third-order valence-corrected chi connectivity index (χ3v) is 3.16. The summed E-state index contributed by atoms with van der Waals surface area (Å²) in [5.74, 6) is -0.651. The Morgan fingerprint density at radius 3 is 2.75 bits per heavy atom. The summed E-state index contributed by atoms with van der Waals surface area (Å²) in [6.07, 6.45) is -3.28. The minimum absolute atomic E-state index is 0.0836. The van der Waals surface area contributed by atoms with Crippen molar-refractivity contribution in [3.63, 3.8) is 0 Å². The van der Waals surface area contributed by atoms with Crippen LogP contribution in [0.1, 0.15) is 6.42 Å². The van der Waals surface area contributed by atoms with Gasteiger partial charge in [-0.3, -0.25) is 4.79 Å². The first-order chi connectivity index (χ1) is 9.38. The fraction of sp³-hybridized carbons (Fsp3) is 0.417. The van der Waals surface area contributed by atoms with Crippen LogP contribution in [0.15, 0.2) is 18.2 Å². The summed E-state index contributed by atoms with van der Waals surface area (Å²) in [6, 6.07) is 3.98. The molecule has 20 heavy (non-hydrogen) atoms. The van der Waals surface area contributed by atoms with Crippen molar-refractivity contribution in [3.8, 4) is 11.5 Å². The lowest BCUT2D eigenvalue weighted by atomic mass is 9.99. The van der Waals surface area contributed by atoms with Crippen LogP contribution in [0.3, 0.4) is 0 Å². The molecule has 1 fully saturated rings. The quantitative estimate of drug-likeness (QED) is 0.849. The van der Waals surface area contributed by atoms with Crippen LogP contribution in [-0.2, 0) is 9.53 Å². The van der Waals surface area contributed by atoms with E-state index in [-0.39, 0.29) is 18.1 Å². The standard InChI is InChI=1S/C12H12F2N2O4/c13-12(14)19-8-2-1-7(5-9(8)20-12)16-10(17)11(15)3-4-18-6-11/h1-2,5H,3-4,6,15H2,(H,16,17). The molecule has 0 bridgehead atoms. The van der Waals surface area contributed by atoms with E-state index in [4.69, 9.17) is 10.5 Å². The summed E-state index contributed by atoms with van der Waals surface area (Å²) in [5, 5.41) is 2.56. The van der Waals surface area contributed by atoms with Crippen LogP contribution in [-0.4, -0.2) is 31.0 Å². The Morgan fingerprint density at radius 2 is 2.05 bits per heavy atom. The van der Waals surface area contributed by atoms with E-state index in [1.165, 1.54) is 18.2 Å². The molecule has 0 radical (unpaired) electrons. The lowest BCUT2D eigenvalue weighted by Gasteiger charge is -2.20. The second-order valence-electron chi connectivity index (χ2n) is 4.74. The number of ether oxygens (including phenoxy) is 3. The van der Waals surface area contributed by atoms with E-state index in [0.29, 0.717) is 18.7 Å². The lowest BCUT2D eigenvalue weighted by molar-refractivity contribution is -0.286. The maximum Gasteiger partial charge on any atom is 0.586 e. The zero-order chi connectivity index (χ0) is 14.4. The number of benzene rings is 1. The van der Waals surface area contributed by atoms with Crippen LogP contribution in [0.2, 0.25) is 0 Å². The van der Waals surface area contributed by atoms with E-state index in [1.807, 2.05) is 0 Å². The van der Waals surface area contributed by atoms with E-state index in [9.17, 15) is 13.6 Å². The first-order valence-corrected chi connectivity index (χ1v) is 5.96. The summed E-state index contributed by atoms with van der Waals surface area (Å²) in [7, 11) is 0. The molecule has 2 aliphatic rings. The first-order valence-electron chi connectivity index (χ1n) is 5.96. The number of carbonyl (C=O) groups is 1. The number of nitrogens with one attached hydrogen (secondary N) is 1. The Bertz CT molecular complexity index is 558. The molecule has 1 aromatic rings. The molecule has 1 aromatic carbocycles. The topological polar surface area (TPSA) is 82.8 Å². The highest BCUT2D eigenvalue weighted by atomic mass is 19.3. The third-order valence-electron chi connectivity index (χ3n) is 3.16. The molecule has 0 spiro atoms. The molecule has 0 aromatic heterocycles. The molecule has 1 amide bonds. The molecule has 1 unspecified atom stereocenters. The van der Waals surface area contributed by atoms with Crippen LogP contribution in [0.5, 0.6) is 11.5 Å². The third kappa shape index (κ3) is 2.27. The highest BCUT2D eigenvalue weighted by Gasteiger charge is 2.44. The van der Waals surface area contributed by atoms with Gasteiger partial charge in [0.05, 0.1) is 6.61 Å². The van der Waals surface area contributed by atoms with Crippen LogP contribution >= 0.6 is 0 Å². The molecule has 108 valence electrons. The van der Waals surface area contributed by atoms with E-state index >= 15 is 0 Å². The second kappa shape index (κ2) is 4.29. The monoisotopic (exact) mass is 286 g/mol. The van der Waals surface area contributed by atoms with Gasteiger partial charge in [-0.1, -0.05) is 0 Å². The molecular formula is C12H12F2N2O4. The number of carbonyl (C=O) groups excluding carboxylic acids is 1. The van der Waals surface area contributed by atoms with Crippen molar-refractivity contribution in [3.05, 3.63) is 18.2 Å². The highest BCUT2D eigenvalue weighted by Crippen LogP contribution is 2.42. The number of halogens is 2. The number of nitrogens with two attached hydrogens (primary N) is 1. The fourth-order valence-corrected chi connectivity index (χ4v) is 2.04. The number of anilines is 1. The average Bonchev–Trinajstić information content (AvgIpc) is 2.91. The smallest absolute Gasteiger partial charge is 0.395 e. The van der Waals surface area contributed by atoms with Crippen molar-refractivity contribution in [2.75, 3.05) is 18.5 Å². The van der Waals surface area contributed by atoms with Crippen molar-refractivity contribution >= 4 is 11.6 Å². The van der Waals surface area contributed by atoms with Crippen molar-refractivity contribution in [1.29, 1.82) is 0 Å². The molecule has 1 atom stereocenters. The van der Waals surface area contributed by atoms with E-state index < -0.39 is 17.7 Å². The fourth-order valence-electron chi connectivity index (χ4n) is 2.04. The largest absolute Gasteiger partial charge is 0.586 e. The average molecular weight is 286 g/mol. The Balaban J connectivity index is 1.75. The molecule has 0 saturated carbocycles. The Morgan fingerprint density at radius 1 is 1.30 bits per heavy atom. The van der Waals surface area contributed by atoms with Gasteiger partial charge in [-0.15, -0.1) is 8.78 Å². The normalized spacial score (nSPS) is 26.6. The van der Waals surface area contributed by atoms with Crippen molar-refractivity contribution < 1.29 is 27.8 Å². The van der Waals surface area contributed by atoms with Crippen molar-refractivity contribution in [2.24, 2.45) is 5.73 Å². The number of alkyl halides is 2. The minimum Gasteiger partial charge on any atom is -0.395 e. The molecule has 0 aliphatic carbocycles. The molecular weight excluding hydrogens is 274 g/mol. The van der Waals surface area contributed by atoms with Gasteiger partial charge in [0, 0.05) is 18.4 Å². The van der Waals surface area contributed by atoms with Crippen molar-refractivity contribution in [1.82, 2.24) is 0 Å². The highest BCUT2D eigenvalue weighted by molar-refractivity contribution is 5.98. The van der Waals surface area contributed by atoms with Gasteiger partial charge in [0.25, 0.3) is 0 Å². The molecule has 3 N–H and O–H groups in total. The summed E-state index contributed by atoms with van der Waals surface area (Å²) in [5.41, 5.74) is 5.09. The summed E-state index contributed by atoms with van der Waals surface area (Å²) in [6.45, 7) is 0.540. The first kappa shape index (κ1) is 13.1. The van der Waals surface area contributed by atoms with E-state index in [0.717, 1.165) is 0 Å². The van der Waals surface area contributed by atoms with E-state index in [1.54, 1.807) is 0 Å². The molecule has 3 rings (SSSR count). The minimum atomic E-state index is -3.68. The number of hydrogen-bond donors (Lipinski definition) is 2. The van der Waals surface area contributed by atoms with Crippen LogP contribution in [0.25, 0.3) is 0 Å². The van der Waals surface area contributed by atoms with E-state index in [2.05, 4.69) is 14.8 Å². The van der Waals surface area contributed by atoms with Gasteiger partial charge in [-0.25, -0.2) is 0 Å². The predicted octanol–water partition coefficient (Wildman–Crippen LogP) is 1.06. The van der Waals surface area contributed by atoms with Gasteiger partial charge < -0.3 is 25.3 Å². The molecule has 2 heterocycles. The number of amides is 1. The van der Waals surface area contributed by atoms with Crippen LogP contribution in [0.4, 0.5) is 14.5 Å². The zero-order valence-electron chi connectivity index (χ0n) is 10.3. The van der Waals surface area contributed by atoms with Gasteiger partial charge in [0.15, 0.2) is 11.5 Å². The summed E-state index contributed by atoms with van der Waals surface area (Å²) < 4.78 is 39.4. The van der Waals surface area contributed by atoms with Crippen LogP contribution < -0.4 is 20.5 Å². The van der Waals surface area contributed by atoms with Gasteiger partial charge in [-0.05, 0) is 18.6 Å². The van der Waals surface area contributed by atoms with Gasteiger partial charge in [0.2, 0.25) is 5.91 Å². The van der Waals surface area contributed by atoms with Crippen LogP contribution in [0, 0.1) is 0 Å². The SMILES string of the molecule is NC1(C(=O)Nc2ccc3c(c2)OC(F)(F)O3)CCOC1. The summed E-state index contributed by atoms with van der Waals surface area (Å²) >= 11 is 0. The van der Waals surface area contributed by atoms with Gasteiger partial charge in [-0.2, -0.15) is 0 Å². The summed E-state index contributed by atoms with van der Waals surface area (Å²) in [4.78, 5) is 12.0. The Labute approximate surface area is 112 Å². The molecule has 6 nitrogen and oxygen atoms in total. The lowest BCUT2D eigenvalue weighted by Crippen LogP contribution is -2.51. The number of fused-ring (bicyclic) bond motifs is 1. The maximum atomic E-state index is 12.9. The maximum absolute atomic E-state index is 12.9. The van der Waals surface area contributed by atoms with Gasteiger partial charge in [0.1, 0.15) is 5.54 Å². The molecule has 2 aliphatic heterocycles. The number of hydrogen-bond acceptors (Lipinski definition) is 5. The van der Waals surface area contributed by atoms with Gasteiger partial charge >= 0.3 is 6.29 Å². The zero-order valence-corrected chi connectivity index (χ0v) is 10.3. The Hall–Kier alpha value is -1.93. The predicted molar refractivity (Wildman–Crippen MR) is 63.6 cm³/mol. The second-order valence-corrected chi connectivity index (χ2v) is 4.74. The number of rotatable bonds is 2. The Kier molecular flexibility index (Phi) is 2.80. The van der Waals surface area contributed by atoms with Crippen molar-refractivity contribution in [2.45, 2.75) is 18.3 Å². The molecule has 8 heteroatoms. The molecule has 1 saturated heterocycles.